The lowest BCUT2D eigenvalue weighted by Gasteiger charge is -2.14. The minimum Gasteiger partial charge on any atom is -0.352 e. The molecule has 0 bridgehead atoms. The summed E-state index contributed by atoms with van der Waals surface area (Å²) in [6.45, 7) is 4.12. The summed E-state index contributed by atoms with van der Waals surface area (Å²) in [5.74, 6) is 2.03. The van der Waals surface area contributed by atoms with E-state index in [4.69, 9.17) is 4.52 Å². The molecule has 8 nitrogen and oxygen atoms in total. The number of hydrogen-bond acceptors (Lipinski definition) is 5. The highest BCUT2D eigenvalue weighted by Gasteiger charge is 2.09. The van der Waals surface area contributed by atoms with Crippen LogP contribution in [-0.2, 0) is 26.1 Å². The summed E-state index contributed by atoms with van der Waals surface area (Å²) in [5.41, 5.74) is 4.44. The third-order valence-electron chi connectivity index (χ3n) is 5.26. The van der Waals surface area contributed by atoms with Crippen molar-refractivity contribution in [1.29, 1.82) is 0 Å². The molecular formula is C25H29N7O. The molecule has 2 aromatic carbocycles. The third kappa shape index (κ3) is 6.06. The van der Waals surface area contributed by atoms with Crippen molar-refractivity contribution in [2.75, 3.05) is 7.05 Å². The summed E-state index contributed by atoms with van der Waals surface area (Å²) in [4.78, 5) is 8.84. The normalized spacial score (nSPS) is 11.5. The molecule has 0 saturated heterocycles. The van der Waals surface area contributed by atoms with Gasteiger partial charge in [0.2, 0.25) is 0 Å². The zero-order valence-corrected chi connectivity index (χ0v) is 19.0. The predicted octanol–water partition coefficient (Wildman–Crippen LogP) is 3.80. The van der Waals surface area contributed by atoms with Gasteiger partial charge in [-0.05, 0) is 41.3 Å². The van der Waals surface area contributed by atoms with Crippen LogP contribution < -0.4 is 10.6 Å². The maximum absolute atomic E-state index is 5.42. The number of nitrogens with one attached hydrogen (secondary N) is 2. The van der Waals surface area contributed by atoms with Gasteiger partial charge in [-0.15, -0.1) is 0 Å². The number of aromatic nitrogens is 4. The molecule has 33 heavy (non-hydrogen) atoms. The largest absolute Gasteiger partial charge is 0.352 e. The molecule has 4 rings (SSSR count). The molecule has 4 aromatic rings. The first-order chi connectivity index (χ1) is 16.2. The highest BCUT2D eigenvalue weighted by Crippen LogP contribution is 2.19. The van der Waals surface area contributed by atoms with Gasteiger partial charge in [0.05, 0.1) is 6.54 Å². The molecule has 0 aliphatic heterocycles. The van der Waals surface area contributed by atoms with Gasteiger partial charge in [-0.3, -0.25) is 9.67 Å². The van der Waals surface area contributed by atoms with Crippen LogP contribution in [0.5, 0.6) is 0 Å². The zero-order chi connectivity index (χ0) is 22.9. The van der Waals surface area contributed by atoms with Gasteiger partial charge < -0.3 is 15.2 Å². The molecule has 2 N–H and O–H groups in total. The Kier molecular flexibility index (Phi) is 7.48. The molecule has 0 fully saturated rings. The fourth-order valence-electron chi connectivity index (χ4n) is 3.55. The van der Waals surface area contributed by atoms with Gasteiger partial charge in [-0.1, -0.05) is 48.5 Å². The standard InChI is InChI=1S/C25H29N7O/c1-3-8-23-30-24(33-31-23)20-12-6-9-19(15-20)16-27-25(26-2)28-17-21-10-4-5-11-22(21)18-32-14-7-13-29-32/h4-7,9-15H,3,8,16-18H2,1-2H3,(H2,26,27,28). The molecule has 170 valence electrons. The van der Waals surface area contributed by atoms with Gasteiger partial charge in [-0.2, -0.15) is 10.1 Å². The van der Waals surface area contributed by atoms with Crippen molar-refractivity contribution in [3.63, 3.8) is 0 Å². The van der Waals surface area contributed by atoms with E-state index in [0.717, 1.165) is 42.3 Å². The maximum Gasteiger partial charge on any atom is 0.257 e. The van der Waals surface area contributed by atoms with E-state index in [1.165, 1.54) is 11.1 Å². The van der Waals surface area contributed by atoms with Crippen molar-refractivity contribution in [3.05, 3.63) is 89.5 Å². The molecule has 0 atom stereocenters. The Morgan fingerprint density at radius 3 is 2.67 bits per heavy atom. The molecule has 0 spiro atoms. The molecule has 0 amide bonds. The predicted molar refractivity (Wildman–Crippen MR) is 129 cm³/mol. The summed E-state index contributed by atoms with van der Waals surface area (Å²) in [6.07, 6.45) is 5.57. The topological polar surface area (TPSA) is 93.2 Å². The summed E-state index contributed by atoms with van der Waals surface area (Å²) >= 11 is 0. The lowest BCUT2D eigenvalue weighted by atomic mass is 10.1. The second-order valence-corrected chi connectivity index (χ2v) is 7.72. The first-order valence-corrected chi connectivity index (χ1v) is 11.2. The van der Waals surface area contributed by atoms with Crippen LogP contribution in [0.3, 0.4) is 0 Å². The number of aliphatic imine (C=N–C) groups is 1. The van der Waals surface area contributed by atoms with Crippen LogP contribution in [0.25, 0.3) is 11.5 Å². The quantitative estimate of drug-likeness (QED) is 0.302. The molecule has 0 radical (unpaired) electrons. The number of nitrogens with zero attached hydrogens (tertiary/aromatic N) is 5. The smallest absolute Gasteiger partial charge is 0.257 e. The average Bonchev–Trinajstić information content (AvgIpc) is 3.53. The van der Waals surface area contributed by atoms with Crippen LogP contribution in [0.2, 0.25) is 0 Å². The molecule has 0 unspecified atom stereocenters. The first-order valence-electron chi connectivity index (χ1n) is 11.2. The van der Waals surface area contributed by atoms with E-state index in [1.807, 2.05) is 29.1 Å². The minimum absolute atomic E-state index is 0.552. The second kappa shape index (κ2) is 11.1. The summed E-state index contributed by atoms with van der Waals surface area (Å²) in [6, 6.07) is 18.4. The fourth-order valence-corrected chi connectivity index (χ4v) is 3.55. The maximum atomic E-state index is 5.42. The Morgan fingerprint density at radius 1 is 1.03 bits per heavy atom. The molecule has 0 aliphatic carbocycles. The van der Waals surface area contributed by atoms with Crippen LogP contribution in [-0.4, -0.2) is 32.9 Å². The van der Waals surface area contributed by atoms with Crippen molar-refractivity contribution in [2.45, 2.75) is 39.4 Å². The van der Waals surface area contributed by atoms with E-state index in [0.29, 0.717) is 19.0 Å². The number of benzene rings is 2. The molecule has 0 aliphatic rings. The molecular weight excluding hydrogens is 414 g/mol. The summed E-state index contributed by atoms with van der Waals surface area (Å²) < 4.78 is 7.34. The second-order valence-electron chi connectivity index (χ2n) is 7.72. The van der Waals surface area contributed by atoms with E-state index in [-0.39, 0.29) is 0 Å². The Bertz CT molecular complexity index is 1180. The summed E-state index contributed by atoms with van der Waals surface area (Å²) in [5, 5.41) is 15.1. The van der Waals surface area contributed by atoms with E-state index in [9.17, 15) is 0 Å². The fraction of sp³-hybridized carbons (Fsp3) is 0.280. The van der Waals surface area contributed by atoms with Gasteiger partial charge in [-0.25, -0.2) is 0 Å². The summed E-state index contributed by atoms with van der Waals surface area (Å²) in [7, 11) is 1.77. The van der Waals surface area contributed by atoms with Crippen molar-refractivity contribution in [3.8, 4) is 11.5 Å². The Hall–Kier alpha value is -3.94. The van der Waals surface area contributed by atoms with Crippen molar-refractivity contribution in [2.24, 2.45) is 4.99 Å². The van der Waals surface area contributed by atoms with Gasteiger partial charge in [0, 0.05) is 44.5 Å². The van der Waals surface area contributed by atoms with Gasteiger partial charge in [0.25, 0.3) is 5.89 Å². The molecule has 8 heteroatoms. The van der Waals surface area contributed by atoms with Gasteiger partial charge in [0.1, 0.15) is 0 Å². The van der Waals surface area contributed by atoms with Crippen molar-refractivity contribution < 1.29 is 4.52 Å². The van der Waals surface area contributed by atoms with Crippen LogP contribution in [0.15, 0.2) is 76.5 Å². The van der Waals surface area contributed by atoms with E-state index >= 15 is 0 Å². The van der Waals surface area contributed by atoms with Crippen LogP contribution >= 0.6 is 0 Å². The van der Waals surface area contributed by atoms with Crippen LogP contribution in [0.4, 0.5) is 0 Å². The van der Waals surface area contributed by atoms with Crippen molar-refractivity contribution in [1.82, 2.24) is 30.6 Å². The zero-order valence-electron chi connectivity index (χ0n) is 19.0. The average molecular weight is 444 g/mol. The molecule has 0 saturated carbocycles. The van der Waals surface area contributed by atoms with Gasteiger partial charge >= 0.3 is 0 Å². The third-order valence-corrected chi connectivity index (χ3v) is 5.26. The monoisotopic (exact) mass is 443 g/mol. The molecule has 2 heterocycles. The van der Waals surface area contributed by atoms with E-state index < -0.39 is 0 Å². The SMILES string of the molecule is CCCc1noc(-c2cccc(CNC(=NC)NCc3ccccc3Cn3cccn3)c2)n1. The highest BCUT2D eigenvalue weighted by molar-refractivity contribution is 5.79. The minimum atomic E-state index is 0.552. The van der Waals surface area contributed by atoms with Gasteiger partial charge in [0.15, 0.2) is 11.8 Å². The van der Waals surface area contributed by atoms with Crippen molar-refractivity contribution >= 4 is 5.96 Å². The molecule has 2 aromatic heterocycles. The lowest BCUT2D eigenvalue weighted by molar-refractivity contribution is 0.422. The number of aryl methyl sites for hydroxylation is 1. The number of rotatable bonds is 9. The Labute approximate surface area is 193 Å². The number of guanidine groups is 1. The van der Waals surface area contributed by atoms with E-state index in [2.05, 4.69) is 74.2 Å². The van der Waals surface area contributed by atoms with Crippen LogP contribution in [0, 0.1) is 0 Å². The first kappa shape index (κ1) is 22.3. The lowest BCUT2D eigenvalue weighted by Crippen LogP contribution is -2.36. The van der Waals surface area contributed by atoms with Crippen LogP contribution in [0.1, 0.15) is 35.9 Å². The Balaban J connectivity index is 1.35. The number of hydrogen-bond donors (Lipinski definition) is 2. The highest BCUT2D eigenvalue weighted by atomic mass is 16.5. The van der Waals surface area contributed by atoms with E-state index in [1.54, 1.807) is 13.2 Å². The Morgan fingerprint density at radius 2 is 1.88 bits per heavy atom.